The molecule has 5 nitrogen and oxygen atoms in total. The molecule has 6 heteroatoms. The van der Waals surface area contributed by atoms with Crippen LogP contribution >= 0.6 is 0 Å². The van der Waals surface area contributed by atoms with Gasteiger partial charge in [0.05, 0.1) is 11.9 Å². The van der Waals surface area contributed by atoms with Gasteiger partial charge in [0.2, 0.25) is 11.6 Å². The van der Waals surface area contributed by atoms with Crippen LogP contribution in [0.2, 0.25) is 0 Å². The van der Waals surface area contributed by atoms with Crippen molar-refractivity contribution in [1.29, 1.82) is 5.26 Å². The lowest BCUT2D eigenvalue weighted by molar-refractivity contribution is -0.120. The number of amides is 1. The van der Waals surface area contributed by atoms with E-state index in [0.29, 0.717) is 5.69 Å². The van der Waals surface area contributed by atoms with Gasteiger partial charge in [-0.25, -0.2) is 9.37 Å². The number of allylic oxidation sites excluding steroid dienone is 3. The molecule has 1 amide bonds. The SMILES string of the molecule is N#Cc1cccc(C#CC2(F)C=CC=CC2C(=O)Nc2cccnc2)n1. The molecule has 0 aromatic carbocycles. The molecular weight excluding hydrogens is 331 g/mol. The number of nitrogens with one attached hydrogen (secondary N) is 1. The van der Waals surface area contributed by atoms with Gasteiger partial charge >= 0.3 is 0 Å². The number of nitriles is 1. The second-order valence-electron chi connectivity index (χ2n) is 5.49. The fourth-order valence-corrected chi connectivity index (χ4v) is 2.40. The molecule has 2 aromatic rings. The number of pyridine rings is 2. The summed E-state index contributed by atoms with van der Waals surface area (Å²) in [5.74, 6) is 3.43. The molecule has 0 spiro atoms. The van der Waals surface area contributed by atoms with Crippen molar-refractivity contribution in [2.24, 2.45) is 5.92 Å². The molecule has 26 heavy (non-hydrogen) atoms. The number of halogens is 1. The van der Waals surface area contributed by atoms with E-state index in [1.807, 2.05) is 6.07 Å². The largest absolute Gasteiger partial charge is 0.324 e. The average Bonchev–Trinajstić information content (AvgIpc) is 2.68. The molecule has 2 atom stereocenters. The van der Waals surface area contributed by atoms with Crippen molar-refractivity contribution >= 4 is 11.6 Å². The first-order valence-corrected chi connectivity index (χ1v) is 7.77. The first-order valence-electron chi connectivity index (χ1n) is 7.77. The van der Waals surface area contributed by atoms with E-state index in [0.717, 1.165) is 0 Å². The van der Waals surface area contributed by atoms with Crippen LogP contribution in [-0.4, -0.2) is 21.5 Å². The molecule has 1 aliphatic carbocycles. The number of hydrogen-bond donors (Lipinski definition) is 1. The highest BCUT2D eigenvalue weighted by Gasteiger charge is 2.40. The highest BCUT2D eigenvalue weighted by atomic mass is 19.1. The summed E-state index contributed by atoms with van der Waals surface area (Å²) in [5.41, 5.74) is -1.27. The molecule has 1 aliphatic rings. The zero-order chi connectivity index (χ0) is 18.4. The summed E-state index contributed by atoms with van der Waals surface area (Å²) in [6.45, 7) is 0. The first-order chi connectivity index (χ1) is 12.6. The van der Waals surface area contributed by atoms with Crippen molar-refractivity contribution in [3.63, 3.8) is 0 Å². The molecule has 2 aromatic heterocycles. The summed E-state index contributed by atoms with van der Waals surface area (Å²) in [4.78, 5) is 20.4. The number of alkyl halides is 1. The molecular formula is C20H13FN4O. The maximum atomic E-state index is 15.4. The van der Waals surface area contributed by atoms with E-state index in [2.05, 4.69) is 27.1 Å². The molecule has 2 unspecified atom stereocenters. The van der Waals surface area contributed by atoms with E-state index in [4.69, 9.17) is 5.26 Å². The van der Waals surface area contributed by atoms with Crippen LogP contribution in [-0.2, 0) is 4.79 Å². The summed E-state index contributed by atoms with van der Waals surface area (Å²) >= 11 is 0. The minimum atomic E-state index is -2.19. The van der Waals surface area contributed by atoms with E-state index in [9.17, 15) is 4.79 Å². The first kappa shape index (κ1) is 17.1. The minimum Gasteiger partial charge on any atom is -0.324 e. The lowest BCUT2D eigenvalue weighted by Gasteiger charge is -2.25. The fraction of sp³-hybridized carbons (Fsp3) is 0.100. The Bertz CT molecular complexity index is 982. The predicted octanol–water partition coefficient (Wildman–Crippen LogP) is 2.79. The fourth-order valence-electron chi connectivity index (χ4n) is 2.40. The molecule has 126 valence electrons. The van der Waals surface area contributed by atoms with Crippen LogP contribution in [0.15, 0.2) is 67.0 Å². The van der Waals surface area contributed by atoms with Crippen molar-refractivity contribution in [2.75, 3.05) is 5.32 Å². The summed E-state index contributed by atoms with van der Waals surface area (Å²) in [6.07, 6.45) is 8.85. The summed E-state index contributed by atoms with van der Waals surface area (Å²) in [7, 11) is 0. The zero-order valence-corrected chi connectivity index (χ0v) is 13.6. The third-order valence-corrected chi connectivity index (χ3v) is 3.66. The number of rotatable bonds is 2. The number of carbonyl (C=O) groups excluding carboxylic acids is 1. The third-order valence-electron chi connectivity index (χ3n) is 3.66. The van der Waals surface area contributed by atoms with Crippen LogP contribution in [0.5, 0.6) is 0 Å². The Morgan fingerprint density at radius 3 is 2.85 bits per heavy atom. The van der Waals surface area contributed by atoms with Gasteiger partial charge in [-0.05, 0) is 42.2 Å². The van der Waals surface area contributed by atoms with Gasteiger partial charge in [-0.15, -0.1) is 0 Å². The van der Waals surface area contributed by atoms with E-state index in [1.165, 1.54) is 30.5 Å². The lowest BCUT2D eigenvalue weighted by Crippen LogP contribution is -2.38. The topological polar surface area (TPSA) is 78.7 Å². The maximum absolute atomic E-state index is 15.4. The molecule has 2 heterocycles. The summed E-state index contributed by atoms with van der Waals surface area (Å²) < 4.78 is 15.4. The molecule has 0 radical (unpaired) electrons. The second-order valence-corrected chi connectivity index (χ2v) is 5.49. The molecule has 0 saturated carbocycles. The highest BCUT2D eigenvalue weighted by molar-refractivity contribution is 5.95. The van der Waals surface area contributed by atoms with Gasteiger partial charge in [0.15, 0.2) is 0 Å². The van der Waals surface area contributed by atoms with Gasteiger partial charge in [0.1, 0.15) is 23.4 Å². The van der Waals surface area contributed by atoms with Crippen molar-refractivity contribution in [3.8, 4) is 17.9 Å². The van der Waals surface area contributed by atoms with Crippen molar-refractivity contribution in [3.05, 3.63) is 78.4 Å². The van der Waals surface area contributed by atoms with E-state index in [-0.39, 0.29) is 11.4 Å². The van der Waals surface area contributed by atoms with Gasteiger partial charge in [0, 0.05) is 6.20 Å². The quantitative estimate of drug-likeness (QED) is 0.850. The van der Waals surface area contributed by atoms with Crippen molar-refractivity contribution in [2.45, 2.75) is 5.67 Å². The molecule has 1 N–H and O–H groups in total. The highest BCUT2D eigenvalue weighted by Crippen LogP contribution is 2.29. The van der Waals surface area contributed by atoms with Gasteiger partial charge in [-0.1, -0.05) is 24.3 Å². The van der Waals surface area contributed by atoms with Gasteiger partial charge in [-0.3, -0.25) is 9.78 Å². The molecule has 0 fully saturated rings. The molecule has 0 saturated heterocycles. The molecule has 0 bridgehead atoms. The van der Waals surface area contributed by atoms with Crippen LogP contribution in [0.1, 0.15) is 11.4 Å². The second kappa shape index (κ2) is 7.42. The predicted molar refractivity (Wildman–Crippen MR) is 94.3 cm³/mol. The van der Waals surface area contributed by atoms with Crippen LogP contribution in [0.4, 0.5) is 10.1 Å². The smallest absolute Gasteiger partial charge is 0.236 e. The van der Waals surface area contributed by atoms with Crippen LogP contribution in [0.3, 0.4) is 0 Å². The number of nitrogens with zero attached hydrogens (tertiary/aromatic N) is 3. The third kappa shape index (κ3) is 3.82. The van der Waals surface area contributed by atoms with Crippen LogP contribution in [0.25, 0.3) is 0 Å². The van der Waals surface area contributed by atoms with Crippen LogP contribution < -0.4 is 5.32 Å². The minimum absolute atomic E-state index is 0.190. The molecule has 0 aliphatic heterocycles. The number of carbonyl (C=O) groups is 1. The Labute approximate surface area is 149 Å². The number of hydrogen-bond acceptors (Lipinski definition) is 4. The standard InChI is InChI=1S/C20H13FN4O/c21-20(11-9-15-5-3-6-16(13-22)24-15)10-2-1-8-18(20)19(26)25-17-7-4-12-23-14-17/h1-8,10,12,14,18H,(H,25,26). The molecule has 3 rings (SSSR count). The monoisotopic (exact) mass is 344 g/mol. The Morgan fingerprint density at radius 2 is 2.08 bits per heavy atom. The van der Waals surface area contributed by atoms with E-state index >= 15 is 4.39 Å². The zero-order valence-electron chi connectivity index (χ0n) is 13.6. The lowest BCUT2D eigenvalue weighted by atomic mass is 9.85. The van der Waals surface area contributed by atoms with E-state index in [1.54, 1.807) is 36.5 Å². The van der Waals surface area contributed by atoms with E-state index < -0.39 is 17.5 Å². The Morgan fingerprint density at radius 1 is 1.23 bits per heavy atom. The average molecular weight is 344 g/mol. The van der Waals surface area contributed by atoms with Crippen LogP contribution in [0, 0.1) is 29.1 Å². The number of anilines is 1. The summed E-state index contributed by atoms with van der Waals surface area (Å²) in [5, 5.41) is 11.5. The Hall–Kier alpha value is -3.77. The Balaban J connectivity index is 1.85. The van der Waals surface area contributed by atoms with Gasteiger partial charge in [0.25, 0.3) is 0 Å². The Kier molecular flexibility index (Phi) is 4.87. The van der Waals surface area contributed by atoms with Gasteiger partial charge in [-0.2, -0.15) is 5.26 Å². The normalized spacial score (nSPS) is 20.5. The van der Waals surface area contributed by atoms with Crippen molar-refractivity contribution in [1.82, 2.24) is 9.97 Å². The number of aromatic nitrogens is 2. The van der Waals surface area contributed by atoms with Gasteiger partial charge < -0.3 is 5.32 Å². The maximum Gasteiger partial charge on any atom is 0.236 e. The summed E-state index contributed by atoms with van der Waals surface area (Å²) in [6, 6.07) is 9.95. The van der Waals surface area contributed by atoms with Crippen molar-refractivity contribution < 1.29 is 9.18 Å².